The van der Waals surface area contributed by atoms with Crippen molar-refractivity contribution in [2.24, 2.45) is 0 Å². The zero-order chi connectivity index (χ0) is 18.7. The molecule has 2 aromatic rings. The van der Waals surface area contributed by atoms with Crippen LogP contribution in [0.5, 0.6) is 0 Å². The molecule has 0 unspecified atom stereocenters. The third-order valence-electron chi connectivity index (χ3n) is 4.25. The lowest BCUT2D eigenvalue weighted by molar-refractivity contribution is -0.137. The molecule has 4 nitrogen and oxygen atoms in total. The molecule has 26 heavy (non-hydrogen) atoms. The normalized spacial score (nSPS) is 19.2. The topological polar surface area (TPSA) is 50.4 Å². The Morgan fingerprint density at radius 3 is 2.65 bits per heavy atom. The highest BCUT2D eigenvalue weighted by Gasteiger charge is 2.34. The van der Waals surface area contributed by atoms with Gasteiger partial charge < -0.3 is 15.4 Å². The number of carbonyl (C=O) groups is 1. The zero-order valence-electron chi connectivity index (χ0n) is 14.1. The van der Waals surface area contributed by atoms with Crippen LogP contribution in [0.4, 0.5) is 23.7 Å². The van der Waals surface area contributed by atoms with E-state index in [1.807, 2.05) is 37.3 Å². The van der Waals surface area contributed by atoms with Crippen molar-refractivity contribution in [3.05, 3.63) is 65.2 Å². The van der Waals surface area contributed by atoms with E-state index in [1.54, 1.807) is 0 Å². The molecule has 0 aliphatic carbocycles. The summed E-state index contributed by atoms with van der Waals surface area (Å²) in [6.07, 6.45) is -4.62. The fourth-order valence-corrected chi connectivity index (χ4v) is 3.01. The molecule has 0 spiro atoms. The van der Waals surface area contributed by atoms with Crippen molar-refractivity contribution in [1.29, 1.82) is 0 Å². The number of ether oxygens (including phenoxy) is 1. The van der Waals surface area contributed by atoms with Crippen LogP contribution in [0.15, 0.2) is 48.5 Å². The van der Waals surface area contributed by atoms with Crippen molar-refractivity contribution in [1.82, 2.24) is 5.32 Å². The maximum atomic E-state index is 13.0. The highest BCUT2D eigenvalue weighted by atomic mass is 19.4. The predicted molar refractivity (Wildman–Crippen MR) is 91.6 cm³/mol. The third-order valence-corrected chi connectivity index (χ3v) is 4.25. The minimum Gasteiger partial charge on any atom is -0.445 e. The average molecular weight is 364 g/mol. The van der Waals surface area contributed by atoms with E-state index >= 15 is 0 Å². The van der Waals surface area contributed by atoms with Crippen LogP contribution < -0.4 is 10.6 Å². The van der Waals surface area contributed by atoms with Crippen LogP contribution in [0.3, 0.4) is 0 Å². The molecule has 0 aromatic heterocycles. The molecule has 138 valence electrons. The number of halogens is 3. The molecule has 1 aliphatic heterocycles. The molecule has 0 saturated carbocycles. The van der Waals surface area contributed by atoms with Gasteiger partial charge in [-0.3, -0.25) is 0 Å². The van der Waals surface area contributed by atoms with Gasteiger partial charge in [-0.2, -0.15) is 13.2 Å². The number of rotatable bonds is 3. The van der Waals surface area contributed by atoms with Gasteiger partial charge >= 0.3 is 12.3 Å². The van der Waals surface area contributed by atoms with Gasteiger partial charge in [-0.05, 0) is 42.7 Å². The second-order valence-corrected chi connectivity index (χ2v) is 6.34. The Kier molecular flexibility index (Phi) is 5.06. The lowest BCUT2D eigenvalue weighted by Crippen LogP contribution is -2.36. The van der Waals surface area contributed by atoms with E-state index in [4.69, 9.17) is 4.74 Å². The van der Waals surface area contributed by atoms with E-state index in [-0.39, 0.29) is 12.6 Å². The Morgan fingerprint density at radius 1 is 1.23 bits per heavy atom. The molecule has 0 fully saturated rings. The van der Waals surface area contributed by atoms with Gasteiger partial charge in [0.2, 0.25) is 0 Å². The van der Waals surface area contributed by atoms with Crippen LogP contribution in [-0.4, -0.2) is 12.1 Å². The average Bonchev–Trinajstić information content (AvgIpc) is 2.59. The van der Waals surface area contributed by atoms with E-state index in [9.17, 15) is 18.0 Å². The summed E-state index contributed by atoms with van der Waals surface area (Å²) in [6, 6.07) is 12.2. The van der Waals surface area contributed by atoms with Crippen LogP contribution in [-0.2, 0) is 17.5 Å². The summed E-state index contributed by atoms with van der Waals surface area (Å²) in [6.45, 7) is 2.01. The van der Waals surface area contributed by atoms with Crippen molar-refractivity contribution < 1.29 is 22.7 Å². The molecule has 0 saturated heterocycles. The van der Waals surface area contributed by atoms with Gasteiger partial charge in [0.15, 0.2) is 0 Å². The number of nitrogens with one attached hydrogen (secondary N) is 2. The monoisotopic (exact) mass is 364 g/mol. The molecule has 1 aliphatic rings. The highest BCUT2D eigenvalue weighted by molar-refractivity contribution is 5.69. The van der Waals surface area contributed by atoms with Gasteiger partial charge in [-0.25, -0.2) is 4.79 Å². The van der Waals surface area contributed by atoms with E-state index in [0.29, 0.717) is 17.7 Å². The van der Waals surface area contributed by atoms with Gasteiger partial charge in [-0.1, -0.05) is 30.3 Å². The van der Waals surface area contributed by atoms with Crippen molar-refractivity contribution >= 4 is 11.8 Å². The Bertz CT molecular complexity index is 778. The summed E-state index contributed by atoms with van der Waals surface area (Å²) >= 11 is 0. The van der Waals surface area contributed by atoms with Crippen molar-refractivity contribution in [2.45, 2.75) is 38.2 Å². The number of alkyl halides is 3. The largest absolute Gasteiger partial charge is 0.445 e. The molecular weight excluding hydrogens is 345 g/mol. The van der Waals surface area contributed by atoms with Crippen LogP contribution in [0, 0.1) is 0 Å². The quantitative estimate of drug-likeness (QED) is 0.816. The van der Waals surface area contributed by atoms with Gasteiger partial charge in [0, 0.05) is 11.7 Å². The molecule has 3 rings (SSSR count). The predicted octanol–water partition coefficient (Wildman–Crippen LogP) is 4.88. The number of hydrogen-bond donors (Lipinski definition) is 2. The second-order valence-electron chi connectivity index (χ2n) is 6.34. The zero-order valence-corrected chi connectivity index (χ0v) is 14.1. The Hall–Kier alpha value is -2.70. The number of amides is 1. The lowest BCUT2D eigenvalue weighted by Gasteiger charge is -2.32. The highest BCUT2D eigenvalue weighted by Crippen LogP contribution is 2.37. The SMILES string of the molecule is C[C@@H]1C[C@H](NC(=O)OCc2ccccc2)c2cc(C(F)(F)F)ccc2N1. The molecule has 1 heterocycles. The Morgan fingerprint density at radius 2 is 1.96 bits per heavy atom. The van der Waals surface area contributed by atoms with E-state index in [1.165, 1.54) is 6.07 Å². The number of benzene rings is 2. The molecule has 7 heteroatoms. The van der Waals surface area contributed by atoms with E-state index in [0.717, 1.165) is 17.7 Å². The summed E-state index contributed by atoms with van der Waals surface area (Å²) in [5.41, 5.74) is 1.10. The molecule has 2 aromatic carbocycles. The molecule has 0 bridgehead atoms. The van der Waals surface area contributed by atoms with Crippen molar-refractivity contribution in [3.63, 3.8) is 0 Å². The van der Waals surface area contributed by atoms with Gasteiger partial charge in [0.25, 0.3) is 0 Å². The molecule has 2 N–H and O–H groups in total. The first-order valence-electron chi connectivity index (χ1n) is 8.28. The first-order valence-corrected chi connectivity index (χ1v) is 8.28. The first kappa shape index (κ1) is 18.1. The van der Waals surface area contributed by atoms with Gasteiger partial charge in [0.05, 0.1) is 11.6 Å². The molecule has 2 atom stereocenters. The lowest BCUT2D eigenvalue weighted by atomic mass is 9.92. The Balaban J connectivity index is 1.73. The first-order chi connectivity index (χ1) is 12.3. The number of fused-ring (bicyclic) bond motifs is 1. The summed E-state index contributed by atoms with van der Waals surface area (Å²) < 4.78 is 44.2. The summed E-state index contributed by atoms with van der Waals surface area (Å²) in [7, 11) is 0. The van der Waals surface area contributed by atoms with E-state index in [2.05, 4.69) is 10.6 Å². The fraction of sp³-hybridized carbons (Fsp3) is 0.316. The number of anilines is 1. The van der Waals surface area contributed by atoms with E-state index < -0.39 is 23.9 Å². The summed E-state index contributed by atoms with van der Waals surface area (Å²) in [5, 5.41) is 5.83. The number of hydrogen-bond acceptors (Lipinski definition) is 3. The van der Waals surface area contributed by atoms with Crippen LogP contribution in [0.25, 0.3) is 0 Å². The molecule has 1 amide bonds. The minimum absolute atomic E-state index is 0.0126. The number of alkyl carbamates (subject to hydrolysis) is 1. The van der Waals surface area contributed by atoms with Gasteiger partial charge in [-0.15, -0.1) is 0 Å². The standard InChI is InChI=1S/C19H19F3N2O2/c1-12-9-17(24-18(25)26-11-13-5-3-2-4-6-13)15-10-14(19(20,21)22)7-8-16(15)23-12/h2-8,10,12,17,23H,9,11H2,1H3,(H,24,25)/t12-,17+/m1/s1. The maximum absolute atomic E-state index is 13.0. The maximum Gasteiger partial charge on any atom is 0.416 e. The third kappa shape index (κ3) is 4.28. The van der Waals surface area contributed by atoms with Crippen LogP contribution >= 0.6 is 0 Å². The van der Waals surface area contributed by atoms with Gasteiger partial charge in [0.1, 0.15) is 6.61 Å². The fourth-order valence-electron chi connectivity index (χ4n) is 3.01. The number of carbonyl (C=O) groups excluding carboxylic acids is 1. The summed E-state index contributed by atoms with van der Waals surface area (Å²) in [5.74, 6) is 0. The second kappa shape index (κ2) is 7.27. The smallest absolute Gasteiger partial charge is 0.416 e. The minimum atomic E-state index is -4.43. The molecule has 0 radical (unpaired) electrons. The van der Waals surface area contributed by atoms with Crippen molar-refractivity contribution in [3.8, 4) is 0 Å². The Labute approximate surface area is 149 Å². The summed E-state index contributed by atoms with van der Waals surface area (Å²) in [4.78, 5) is 12.1. The van der Waals surface area contributed by atoms with Crippen molar-refractivity contribution in [2.75, 3.05) is 5.32 Å². The van der Waals surface area contributed by atoms with Crippen LogP contribution in [0.2, 0.25) is 0 Å². The van der Waals surface area contributed by atoms with Crippen LogP contribution in [0.1, 0.15) is 36.1 Å². The molecular formula is C19H19F3N2O2.